The Labute approximate surface area is 133 Å². The van der Waals surface area contributed by atoms with Crippen LogP contribution in [0.2, 0.25) is 0 Å². The first kappa shape index (κ1) is 15.6. The summed E-state index contributed by atoms with van der Waals surface area (Å²) in [4.78, 5) is 26.3. The average Bonchev–Trinajstić information content (AvgIpc) is 3.26. The van der Waals surface area contributed by atoms with Crippen molar-refractivity contribution in [3.05, 3.63) is 0 Å². The maximum absolute atomic E-state index is 12.3. The van der Waals surface area contributed by atoms with E-state index < -0.39 is 0 Å². The lowest BCUT2D eigenvalue weighted by Gasteiger charge is -2.33. The van der Waals surface area contributed by atoms with E-state index in [1.54, 1.807) is 0 Å². The molecule has 5 nitrogen and oxygen atoms in total. The standard InChI is InChI=1S/C17H29N3O2/c1-20(11-12-4-2-5-12)17(22)19-15-7-3-6-13(10-15)16(21)18-14-8-9-14/h12-15H,2-11H2,1H3,(H,18,21)(H,19,22)/t13-,15-/m0/s1. The molecule has 3 fully saturated rings. The minimum Gasteiger partial charge on any atom is -0.353 e. The van der Waals surface area contributed by atoms with E-state index in [0.717, 1.165) is 45.1 Å². The molecule has 2 N–H and O–H groups in total. The highest BCUT2D eigenvalue weighted by atomic mass is 16.2. The van der Waals surface area contributed by atoms with Crippen molar-refractivity contribution in [1.29, 1.82) is 0 Å². The molecule has 3 aliphatic carbocycles. The van der Waals surface area contributed by atoms with Gasteiger partial charge in [0, 0.05) is 31.6 Å². The van der Waals surface area contributed by atoms with Gasteiger partial charge in [-0.25, -0.2) is 4.79 Å². The SMILES string of the molecule is CN(CC1CCC1)C(=O)N[C@H]1CCC[C@H](C(=O)NC2CC2)C1. The van der Waals surface area contributed by atoms with E-state index in [1.807, 2.05) is 11.9 Å². The molecule has 3 rings (SSSR count). The molecule has 0 saturated heterocycles. The predicted octanol–water partition coefficient (Wildman–Crippen LogP) is 2.27. The van der Waals surface area contributed by atoms with Gasteiger partial charge < -0.3 is 15.5 Å². The number of nitrogens with one attached hydrogen (secondary N) is 2. The summed E-state index contributed by atoms with van der Waals surface area (Å²) in [5.41, 5.74) is 0. The fraction of sp³-hybridized carbons (Fsp3) is 0.882. The first-order valence-corrected chi connectivity index (χ1v) is 8.94. The van der Waals surface area contributed by atoms with E-state index in [9.17, 15) is 9.59 Å². The number of hydrogen-bond acceptors (Lipinski definition) is 2. The van der Waals surface area contributed by atoms with Gasteiger partial charge >= 0.3 is 6.03 Å². The van der Waals surface area contributed by atoms with Crippen LogP contribution >= 0.6 is 0 Å². The molecule has 0 bridgehead atoms. The number of amides is 3. The smallest absolute Gasteiger partial charge is 0.317 e. The van der Waals surface area contributed by atoms with E-state index >= 15 is 0 Å². The number of nitrogens with zero attached hydrogens (tertiary/aromatic N) is 1. The highest BCUT2D eigenvalue weighted by Crippen LogP contribution is 2.28. The molecule has 0 unspecified atom stereocenters. The Morgan fingerprint density at radius 2 is 1.68 bits per heavy atom. The van der Waals surface area contributed by atoms with Gasteiger partial charge in [-0.3, -0.25) is 4.79 Å². The van der Waals surface area contributed by atoms with Crippen LogP contribution in [0.1, 0.15) is 57.8 Å². The van der Waals surface area contributed by atoms with Gasteiger partial charge in [-0.1, -0.05) is 12.8 Å². The van der Waals surface area contributed by atoms with Gasteiger partial charge in [0.05, 0.1) is 0 Å². The molecule has 0 radical (unpaired) electrons. The lowest BCUT2D eigenvalue weighted by Crippen LogP contribution is -2.48. The number of rotatable bonds is 5. The average molecular weight is 307 g/mol. The molecular formula is C17H29N3O2. The molecule has 0 spiro atoms. The molecule has 3 saturated carbocycles. The Bertz CT molecular complexity index is 418. The molecule has 2 atom stereocenters. The third-order valence-electron chi connectivity index (χ3n) is 5.40. The normalized spacial score (nSPS) is 28.6. The van der Waals surface area contributed by atoms with Crippen LogP contribution in [0, 0.1) is 11.8 Å². The topological polar surface area (TPSA) is 61.4 Å². The van der Waals surface area contributed by atoms with Crippen molar-refractivity contribution >= 4 is 11.9 Å². The molecule has 0 aromatic rings. The van der Waals surface area contributed by atoms with E-state index in [0.29, 0.717) is 12.0 Å². The van der Waals surface area contributed by atoms with Gasteiger partial charge in [0.1, 0.15) is 0 Å². The summed E-state index contributed by atoms with van der Waals surface area (Å²) in [5, 5.41) is 6.23. The molecule has 5 heteroatoms. The van der Waals surface area contributed by atoms with Gasteiger partial charge in [-0.2, -0.15) is 0 Å². The van der Waals surface area contributed by atoms with Gasteiger partial charge in [0.25, 0.3) is 0 Å². The second-order valence-electron chi connectivity index (χ2n) is 7.47. The van der Waals surface area contributed by atoms with Crippen molar-refractivity contribution in [3.63, 3.8) is 0 Å². The highest BCUT2D eigenvalue weighted by Gasteiger charge is 2.32. The molecule has 0 aliphatic heterocycles. The quantitative estimate of drug-likeness (QED) is 0.818. The van der Waals surface area contributed by atoms with Crippen LogP contribution in [0.5, 0.6) is 0 Å². The van der Waals surface area contributed by atoms with Crippen LogP contribution in [-0.2, 0) is 4.79 Å². The zero-order chi connectivity index (χ0) is 15.5. The molecule has 0 aromatic carbocycles. The third-order valence-corrected chi connectivity index (χ3v) is 5.40. The summed E-state index contributed by atoms with van der Waals surface area (Å²) in [6.45, 7) is 0.865. The Hall–Kier alpha value is -1.26. The number of carbonyl (C=O) groups excluding carboxylic acids is 2. The summed E-state index contributed by atoms with van der Waals surface area (Å²) in [5.74, 6) is 0.972. The van der Waals surface area contributed by atoms with Gasteiger partial charge in [-0.15, -0.1) is 0 Å². The first-order chi connectivity index (χ1) is 10.6. The monoisotopic (exact) mass is 307 g/mol. The number of hydrogen-bond donors (Lipinski definition) is 2. The molecule has 124 valence electrons. The maximum Gasteiger partial charge on any atom is 0.317 e. The van der Waals surface area contributed by atoms with Crippen LogP contribution < -0.4 is 10.6 Å². The zero-order valence-electron chi connectivity index (χ0n) is 13.6. The van der Waals surface area contributed by atoms with Gasteiger partial charge in [0.15, 0.2) is 0 Å². The Balaban J connectivity index is 1.42. The van der Waals surface area contributed by atoms with Crippen molar-refractivity contribution in [2.24, 2.45) is 11.8 Å². The summed E-state index contributed by atoms with van der Waals surface area (Å²) in [7, 11) is 1.88. The summed E-state index contributed by atoms with van der Waals surface area (Å²) in [6.07, 6.45) is 9.85. The van der Waals surface area contributed by atoms with Crippen LogP contribution in [0.15, 0.2) is 0 Å². The summed E-state index contributed by atoms with van der Waals surface area (Å²) >= 11 is 0. The van der Waals surface area contributed by atoms with Gasteiger partial charge in [-0.05, 0) is 50.9 Å². The molecule has 22 heavy (non-hydrogen) atoms. The summed E-state index contributed by atoms with van der Waals surface area (Å²) in [6, 6.07) is 0.608. The van der Waals surface area contributed by atoms with E-state index in [-0.39, 0.29) is 23.9 Å². The van der Waals surface area contributed by atoms with Crippen molar-refractivity contribution in [3.8, 4) is 0 Å². The maximum atomic E-state index is 12.3. The van der Waals surface area contributed by atoms with Crippen molar-refractivity contribution in [1.82, 2.24) is 15.5 Å². The zero-order valence-corrected chi connectivity index (χ0v) is 13.6. The van der Waals surface area contributed by atoms with E-state index in [4.69, 9.17) is 0 Å². The Kier molecular flexibility index (Phi) is 4.89. The van der Waals surface area contributed by atoms with Crippen LogP contribution in [0.4, 0.5) is 4.79 Å². The number of urea groups is 1. The van der Waals surface area contributed by atoms with Crippen molar-refractivity contribution in [2.75, 3.05) is 13.6 Å². The lowest BCUT2D eigenvalue weighted by atomic mass is 9.84. The molecule has 3 aliphatic rings. The fourth-order valence-electron chi connectivity index (χ4n) is 3.54. The Morgan fingerprint density at radius 1 is 0.955 bits per heavy atom. The minimum atomic E-state index is 0.0279. The second-order valence-corrected chi connectivity index (χ2v) is 7.47. The first-order valence-electron chi connectivity index (χ1n) is 8.94. The van der Waals surface area contributed by atoms with Crippen LogP contribution in [-0.4, -0.2) is 42.5 Å². The van der Waals surface area contributed by atoms with E-state index in [1.165, 1.54) is 19.3 Å². The van der Waals surface area contributed by atoms with Crippen LogP contribution in [0.25, 0.3) is 0 Å². The number of carbonyl (C=O) groups is 2. The molecule has 0 aromatic heterocycles. The molecule has 3 amide bonds. The third kappa shape index (κ3) is 4.14. The summed E-state index contributed by atoms with van der Waals surface area (Å²) < 4.78 is 0. The van der Waals surface area contributed by atoms with E-state index in [2.05, 4.69) is 10.6 Å². The minimum absolute atomic E-state index is 0.0279. The van der Waals surface area contributed by atoms with Gasteiger partial charge in [0.2, 0.25) is 5.91 Å². The van der Waals surface area contributed by atoms with Crippen LogP contribution in [0.3, 0.4) is 0 Å². The highest BCUT2D eigenvalue weighted by molar-refractivity contribution is 5.79. The fourth-order valence-corrected chi connectivity index (χ4v) is 3.54. The van der Waals surface area contributed by atoms with Crippen molar-refractivity contribution in [2.45, 2.75) is 69.9 Å². The Morgan fingerprint density at radius 3 is 2.32 bits per heavy atom. The second kappa shape index (κ2) is 6.88. The van der Waals surface area contributed by atoms with Crippen molar-refractivity contribution < 1.29 is 9.59 Å². The predicted molar refractivity (Wildman–Crippen MR) is 85.4 cm³/mol. The molecular weight excluding hydrogens is 278 g/mol. The lowest BCUT2D eigenvalue weighted by molar-refractivity contribution is -0.126. The molecule has 0 heterocycles. The largest absolute Gasteiger partial charge is 0.353 e.